The van der Waals surface area contributed by atoms with E-state index in [1.165, 1.54) is 16.7 Å². The van der Waals surface area contributed by atoms with Gasteiger partial charge in [-0.3, -0.25) is 14.5 Å². The molecule has 3 rings (SSSR count). The zero-order valence-electron chi connectivity index (χ0n) is 16.2. The Bertz CT molecular complexity index is 820. The number of halogens is 2. The Balaban J connectivity index is 1.77. The van der Waals surface area contributed by atoms with Gasteiger partial charge in [0.15, 0.2) is 6.73 Å². The fourth-order valence-electron chi connectivity index (χ4n) is 3.27. The number of nitrogens with one attached hydrogen (secondary N) is 1. The van der Waals surface area contributed by atoms with Gasteiger partial charge in [0.2, 0.25) is 5.91 Å². The van der Waals surface area contributed by atoms with Crippen LogP contribution in [-0.4, -0.2) is 34.2 Å². The van der Waals surface area contributed by atoms with Crippen molar-refractivity contribution < 1.29 is 23.1 Å². The fraction of sp³-hybridized carbons (Fsp3) is 0.500. The lowest BCUT2D eigenvalue weighted by atomic mass is 10.0. The first-order chi connectivity index (χ1) is 13.2. The summed E-state index contributed by atoms with van der Waals surface area (Å²) in [5, 5.41) is 2.75. The van der Waals surface area contributed by atoms with Gasteiger partial charge in [-0.15, -0.1) is 11.8 Å². The van der Waals surface area contributed by atoms with E-state index < -0.39 is 23.1 Å². The Morgan fingerprint density at radius 2 is 1.96 bits per heavy atom. The zero-order valence-corrected chi connectivity index (χ0v) is 17.0. The second-order valence-corrected chi connectivity index (χ2v) is 8.86. The molecular formula is C20H24F2N2O3S. The van der Waals surface area contributed by atoms with E-state index >= 15 is 0 Å². The number of ether oxygens (including phenoxy) is 1. The van der Waals surface area contributed by atoms with Crippen LogP contribution in [0.15, 0.2) is 28.9 Å². The van der Waals surface area contributed by atoms with Gasteiger partial charge < -0.3 is 10.1 Å². The van der Waals surface area contributed by atoms with Gasteiger partial charge in [-0.05, 0) is 45.7 Å². The number of carbonyl (C=O) groups is 2. The average Bonchev–Trinajstić information content (AvgIpc) is 3.14. The summed E-state index contributed by atoms with van der Waals surface area (Å²) >= 11 is 1.51. The molecule has 0 aromatic heterocycles. The first-order valence-electron chi connectivity index (χ1n) is 9.29. The Hall–Kier alpha value is -2.09. The van der Waals surface area contributed by atoms with Crippen molar-refractivity contribution in [2.24, 2.45) is 0 Å². The first-order valence-corrected chi connectivity index (χ1v) is 10.2. The van der Waals surface area contributed by atoms with Crippen molar-refractivity contribution in [1.82, 2.24) is 4.90 Å². The first kappa shape index (κ1) is 20.6. The molecule has 5 nitrogen and oxygen atoms in total. The van der Waals surface area contributed by atoms with Crippen molar-refractivity contribution in [3.63, 3.8) is 0 Å². The highest BCUT2D eigenvalue weighted by atomic mass is 32.2. The van der Waals surface area contributed by atoms with Gasteiger partial charge in [-0.2, -0.15) is 0 Å². The molecule has 1 saturated carbocycles. The maximum atomic E-state index is 13.9. The van der Waals surface area contributed by atoms with Crippen LogP contribution in [0.3, 0.4) is 0 Å². The number of hydrogen-bond acceptors (Lipinski definition) is 4. The number of carbonyl (C=O) groups excluding carboxylic acids is 2. The van der Waals surface area contributed by atoms with Gasteiger partial charge >= 0.3 is 0 Å². The highest BCUT2D eigenvalue weighted by molar-refractivity contribution is 8.04. The van der Waals surface area contributed by atoms with Crippen LogP contribution in [0.1, 0.15) is 46.5 Å². The number of amides is 2. The summed E-state index contributed by atoms with van der Waals surface area (Å²) in [6, 6.07) is 2.82. The van der Waals surface area contributed by atoms with E-state index in [4.69, 9.17) is 4.74 Å². The molecule has 1 aromatic rings. The van der Waals surface area contributed by atoms with Gasteiger partial charge in [0.05, 0.1) is 5.69 Å². The summed E-state index contributed by atoms with van der Waals surface area (Å²) in [5.41, 5.74) is -1.59. The third kappa shape index (κ3) is 4.16. The predicted molar refractivity (Wildman–Crippen MR) is 104 cm³/mol. The summed E-state index contributed by atoms with van der Waals surface area (Å²) in [6.45, 7) is 4.78. The number of thioether (sulfide) groups is 1. The molecule has 1 heterocycles. The number of rotatable bonds is 5. The van der Waals surface area contributed by atoms with E-state index in [1.54, 1.807) is 20.8 Å². The summed E-state index contributed by atoms with van der Waals surface area (Å²) in [5.74, 6) is -1.76. The highest BCUT2D eigenvalue weighted by Gasteiger charge is 2.43. The topological polar surface area (TPSA) is 58.6 Å². The SMILES string of the molecule is CC1=C(SC2CCCC2)C(=O)N(C(C)(C)C(=O)Nc2cc(F)ccc2F)CO1. The van der Waals surface area contributed by atoms with Gasteiger partial charge in [-0.25, -0.2) is 8.78 Å². The van der Waals surface area contributed by atoms with E-state index in [-0.39, 0.29) is 18.3 Å². The van der Waals surface area contributed by atoms with Crippen LogP contribution in [0.2, 0.25) is 0 Å². The van der Waals surface area contributed by atoms with Gasteiger partial charge in [-0.1, -0.05) is 12.8 Å². The lowest BCUT2D eigenvalue weighted by Crippen LogP contribution is -2.57. The molecule has 1 aliphatic carbocycles. The number of nitrogens with zero attached hydrogens (tertiary/aromatic N) is 1. The maximum absolute atomic E-state index is 13.9. The average molecular weight is 410 g/mol. The van der Waals surface area contributed by atoms with Crippen LogP contribution in [0, 0.1) is 11.6 Å². The normalized spacial score (nSPS) is 18.5. The van der Waals surface area contributed by atoms with Crippen molar-refractivity contribution >= 4 is 29.3 Å². The second-order valence-electron chi connectivity index (χ2n) is 7.55. The van der Waals surface area contributed by atoms with E-state index in [0.29, 0.717) is 15.9 Å². The number of anilines is 1. The Morgan fingerprint density at radius 3 is 2.64 bits per heavy atom. The minimum atomic E-state index is -1.32. The Labute approximate surface area is 167 Å². The van der Waals surface area contributed by atoms with Crippen molar-refractivity contribution in [3.8, 4) is 0 Å². The number of allylic oxidation sites excluding steroid dienone is 1. The lowest BCUT2D eigenvalue weighted by molar-refractivity contribution is -0.148. The molecule has 0 unspecified atom stereocenters. The van der Waals surface area contributed by atoms with E-state index in [1.807, 2.05) is 0 Å². The standard InChI is InChI=1S/C20H24F2N2O3S/c1-12-17(28-14-6-4-5-7-14)18(25)24(11-27-12)20(2,3)19(26)23-16-10-13(21)8-9-15(16)22/h8-10,14H,4-7,11H2,1-3H3,(H,23,26). The molecule has 0 spiro atoms. The van der Waals surface area contributed by atoms with Gasteiger partial charge in [0.1, 0.15) is 27.8 Å². The molecule has 1 aromatic carbocycles. The Morgan fingerprint density at radius 1 is 1.29 bits per heavy atom. The maximum Gasteiger partial charge on any atom is 0.267 e. The molecule has 0 bridgehead atoms. The monoisotopic (exact) mass is 410 g/mol. The van der Waals surface area contributed by atoms with Crippen molar-refractivity contribution in [2.45, 2.75) is 57.2 Å². The zero-order chi connectivity index (χ0) is 20.5. The quantitative estimate of drug-likeness (QED) is 0.781. The molecule has 2 aliphatic rings. The fourth-order valence-corrected chi connectivity index (χ4v) is 4.61. The van der Waals surface area contributed by atoms with Crippen molar-refractivity contribution in [3.05, 3.63) is 40.5 Å². The van der Waals surface area contributed by atoms with Crippen LogP contribution in [0.5, 0.6) is 0 Å². The number of hydrogen-bond donors (Lipinski definition) is 1. The minimum absolute atomic E-state index is 0.0779. The molecule has 1 fully saturated rings. The summed E-state index contributed by atoms with van der Waals surface area (Å²) in [4.78, 5) is 27.7. The van der Waals surface area contributed by atoms with Crippen LogP contribution in [0.4, 0.5) is 14.5 Å². The predicted octanol–water partition coefficient (Wildman–Crippen LogP) is 4.41. The smallest absolute Gasteiger partial charge is 0.267 e. The van der Waals surface area contributed by atoms with Crippen molar-refractivity contribution in [1.29, 1.82) is 0 Å². The largest absolute Gasteiger partial charge is 0.476 e. The molecule has 8 heteroatoms. The lowest BCUT2D eigenvalue weighted by Gasteiger charge is -2.40. The second kappa shape index (κ2) is 8.11. The van der Waals surface area contributed by atoms with E-state index in [2.05, 4.69) is 5.32 Å². The molecule has 152 valence electrons. The summed E-state index contributed by atoms with van der Waals surface area (Å²) in [7, 11) is 0. The van der Waals surface area contributed by atoms with Gasteiger partial charge in [0, 0.05) is 11.3 Å². The molecule has 0 saturated heterocycles. The molecular weight excluding hydrogens is 386 g/mol. The number of benzene rings is 1. The van der Waals surface area contributed by atoms with Crippen LogP contribution >= 0.6 is 11.8 Å². The van der Waals surface area contributed by atoms with E-state index in [0.717, 1.165) is 43.9 Å². The molecule has 2 amide bonds. The molecule has 0 atom stereocenters. The van der Waals surface area contributed by atoms with Crippen molar-refractivity contribution in [2.75, 3.05) is 12.0 Å². The molecule has 1 N–H and O–H groups in total. The van der Waals surface area contributed by atoms with Crippen LogP contribution in [0.25, 0.3) is 0 Å². The van der Waals surface area contributed by atoms with E-state index in [9.17, 15) is 18.4 Å². The molecule has 28 heavy (non-hydrogen) atoms. The highest BCUT2D eigenvalue weighted by Crippen LogP contribution is 2.39. The molecule has 0 radical (unpaired) electrons. The Kier molecular flexibility index (Phi) is 5.98. The van der Waals surface area contributed by atoms with Gasteiger partial charge in [0.25, 0.3) is 5.91 Å². The summed E-state index contributed by atoms with van der Waals surface area (Å²) < 4.78 is 32.9. The van der Waals surface area contributed by atoms with Crippen LogP contribution < -0.4 is 5.32 Å². The van der Waals surface area contributed by atoms with Crippen LogP contribution in [-0.2, 0) is 14.3 Å². The molecule has 1 aliphatic heterocycles. The third-order valence-corrected chi connectivity index (χ3v) is 6.67. The third-order valence-electron chi connectivity index (χ3n) is 5.16. The summed E-state index contributed by atoms with van der Waals surface area (Å²) in [6.07, 6.45) is 4.40. The minimum Gasteiger partial charge on any atom is -0.476 e.